The lowest BCUT2D eigenvalue weighted by molar-refractivity contribution is -0.144. The molecule has 1 amide bonds. The van der Waals surface area contributed by atoms with Gasteiger partial charge in [0.05, 0.1) is 18.9 Å². The minimum Gasteiger partial charge on any atom is -0.378 e. The maximum Gasteiger partial charge on any atom is 0.289 e. The number of morpholine rings is 1. The molecular weight excluding hydrogens is 308 g/mol. The molecule has 130 valence electrons. The van der Waals surface area contributed by atoms with Crippen LogP contribution < -0.4 is 4.90 Å². The van der Waals surface area contributed by atoms with Crippen molar-refractivity contribution in [2.75, 3.05) is 44.3 Å². The van der Waals surface area contributed by atoms with Gasteiger partial charge in [-0.25, -0.2) is 9.97 Å². The largest absolute Gasteiger partial charge is 0.378 e. The average molecular weight is 332 g/mol. The number of nitrogens with zero attached hydrogens (tertiary/aromatic N) is 4. The van der Waals surface area contributed by atoms with E-state index in [0.717, 1.165) is 43.3 Å². The Bertz CT molecular complexity index is 628. The summed E-state index contributed by atoms with van der Waals surface area (Å²) in [6.45, 7) is 7.51. The quantitative estimate of drug-likeness (QED) is 0.766. The summed E-state index contributed by atoms with van der Waals surface area (Å²) in [7, 11) is 0. The summed E-state index contributed by atoms with van der Waals surface area (Å²) in [5.74, 6) is 1.03. The van der Waals surface area contributed by atoms with Gasteiger partial charge in [-0.3, -0.25) is 9.59 Å². The number of hydrogen-bond donors (Lipinski definition) is 0. The van der Waals surface area contributed by atoms with Crippen LogP contribution in [0.1, 0.15) is 37.2 Å². The second-order valence-corrected chi connectivity index (χ2v) is 6.44. The molecule has 3 heterocycles. The third-order valence-electron chi connectivity index (χ3n) is 4.61. The lowest BCUT2D eigenvalue weighted by atomic mass is 9.94. The first kappa shape index (κ1) is 16.8. The van der Waals surface area contributed by atoms with Gasteiger partial charge in [0, 0.05) is 45.1 Å². The topological polar surface area (TPSA) is 75.6 Å². The number of carbonyl (C=O) groups excluding carboxylic acids is 2. The molecule has 0 aromatic carbocycles. The zero-order valence-electron chi connectivity index (χ0n) is 14.3. The van der Waals surface area contributed by atoms with E-state index >= 15 is 0 Å². The number of amides is 1. The number of ether oxygens (including phenoxy) is 1. The molecule has 0 radical (unpaired) electrons. The number of rotatable bonds is 3. The molecule has 1 aromatic heterocycles. The third kappa shape index (κ3) is 3.72. The van der Waals surface area contributed by atoms with Crippen molar-refractivity contribution in [2.24, 2.45) is 0 Å². The first-order valence-corrected chi connectivity index (χ1v) is 8.52. The van der Waals surface area contributed by atoms with Gasteiger partial charge in [0.1, 0.15) is 11.6 Å². The SMILES string of the molecule is CC(=O)C(=O)N1CCC[C@@H](c2cc(N3CCOCC3)nc(C)n2)C1. The lowest BCUT2D eigenvalue weighted by Gasteiger charge is -2.33. The van der Waals surface area contributed by atoms with Gasteiger partial charge in [0.2, 0.25) is 5.78 Å². The van der Waals surface area contributed by atoms with Gasteiger partial charge < -0.3 is 14.5 Å². The summed E-state index contributed by atoms with van der Waals surface area (Å²) >= 11 is 0. The molecule has 7 nitrogen and oxygen atoms in total. The molecule has 3 rings (SSSR count). The van der Waals surface area contributed by atoms with E-state index in [1.165, 1.54) is 6.92 Å². The van der Waals surface area contributed by atoms with Crippen LogP contribution >= 0.6 is 0 Å². The fourth-order valence-electron chi connectivity index (χ4n) is 3.36. The monoisotopic (exact) mass is 332 g/mol. The maximum atomic E-state index is 12.0. The van der Waals surface area contributed by atoms with Gasteiger partial charge in [-0.1, -0.05) is 0 Å². The molecule has 7 heteroatoms. The Morgan fingerprint density at radius 1 is 1.21 bits per heavy atom. The number of hydrogen-bond acceptors (Lipinski definition) is 6. The summed E-state index contributed by atoms with van der Waals surface area (Å²) in [4.78, 5) is 36.4. The highest BCUT2D eigenvalue weighted by Crippen LogP contribution is 2.28. The Morgan fingerprint density at radius 2 is 1.96 bits per heavy atom. The molecule has 0 bridgehead atoms. The van der Waals surface area contributed by atoms with Crippen molar-refractivity contribution in [3.8, 4) is 0 Å². The molecule has 0 spiro atoms. The summed E-state index contributed by atoms with van der Waals surface area (Å²) in [5, 5.41) is 0. The molecule has 1 aromatic rings. The van der Waals surface area contributed by atoms with Crippen molar-refractivity contribution >= 4 is 17.5 Å². The summed E-state index contributed by atoms with van der Waals surface area (Å²) in [6.07, 6.45) is 1.86. The fraction of sp³-hybridized carbons (Fsp3) is 0.647. The van der Waals surface area contributed by atoms with Crippen LogP contribution in [0.4, 0.5) is 5.82 Å². The van der Waals surface area contributed by atoms with Gasteiger partial charge in [0.15, 0.2) is 0 Å². The number of aromatic nitrogens is 2. The molecule has 0 N–H and O–H groups in total. The Labute approximate surface area is 142 Å². The van der Waals surface area contributed by atoms with Crippen molar-refractivity contribution in [1.29, 1.82) is 0 Å². The van der Waals surface area contributed by atoms with Crippen LogP contribution in [0.3, 0.4) is 0 Å². The normalized spacial score (nSPS) is 21.7. The van der Waals surface area contributed by atoms with Gasteiger partial charge in [-0.05, 0) is 19.8 Å². The predicted molar refractivity (Wildman–Crippen MR) is 89.0 cm³/mol. The first-order chi connectivity index (χ1) is 11.5. The van der Waals surface area contributed by atoms with E-state index in [-0.39, 0.29) is 11.8 Å². The van der Waals surface area contributed by atoms with E-state index in [4.69, 9.17) is 4.74 Å². The summed E-state index contributed by atoms with van der Waals surface area (Å²) in [5.41, 5.74) is 0.963. The van der Waals surface area contributed by atoms with Gasteiger partial charge in [-0.2, -0.15) is 0 Å². The molecule has 2 aliphatic rings. The molecule has 1 atom stereocenters. The highest BCUT2D eigenvalue weighted by atomic mass is 16.5. The van der Waals surface area contributed by atoms with E-state index in [2.05, 4.69) is 14.9 Å². The van der Waals surface area contributed by atoms with Crippen LogP contribution in [0.25, 0.3) is 0 Å². The van der Waals surface area contributed by atoms with Crippen molar-refractivity contribution in [2.45, 2.75) is 32.6 Å². The zero-order chi connectivity index (χ0) is 17.1. The average Bonchev–Trinajstić information content (AvgIpc) is 2.61. The highest BCUT2D eigenvalue weighted by molar-refractivity contribution is 6.35. The molecule has 24 heavy (non-hydrogen) atoms. The highest BCUT2D eigenvalue weighted by Gasteiger charge is 2.28. The Morgan fingerprint density at radius 3 is 2.67 bits per heavy atom. The van der Waals surface area contributed by atoms with E-state index in [1.807, 2.05) is 13.0 Å². The van der Waals surface area contributed by atoms with Crippen molar-refractivity contribution in [3.63, 3.8) is 0 Å². The molecule has 0 unspecified atom stereocenters. The minimum absolute atomic E-state index is 0.156. The van der Waals surface area contributed by atoms with E-state index < -0.39 is 5.78 Å². The number of ketones is 1. The Balaban J connectivity index is 1.79. The number of anilines is 1. The second kappa shape index (κ2) is 7.25. The molecule has 0 aliphatic carbocycles. The van der Waals surface area contributed by atoms with Crippen molar-refractivity contribution < 1.29 is 14.3 Å². The van der Waals surface area contributed by atoms with E-state index in [9.17, 15) is 9.59 Å². The van der Waals surface area contributed by atoms with Crippen molar-refractivity contribution in [3.05, 3.63) is 17.6 Å². The van der Waals surface area contributed by atoms with E-state index in [1.54, 1.807) is 4.90 Å². The number of aryl methyl sites for hydroxylation is 1. The Hall–Kier alpha value is -2.02. The van der Waals surface area contributed by atoms with Crippen LogP contribution in [0, 0.1) is 6.92 Å². The fourth-order valence-corrected chi connectivity index (χ4v) is 3.36. The lowest BCUT2D eigenvalue weighted by Crippen LogP contribution is -2.42. The molecule has 2 saturated heterocycles. The first-order valence-electron chi connectivity index (χ1n) is 8.52. The van der Waals surface area contributed by atoms with Crippen LogP contribution in [-0.2, 0) is 14.3 Å². The maximum absolute atomic E-state index is 12.0. The van der Waals surface area contributed by atoms with Crippen molar-refractivity contribution in [1.82, 2.24) is 14.9 Å². The predicted octanol–water partition coefficient (Wildman–Crippen LogP) is 0.917. The number of piperidine rings is 1. The smallest absolute Gasteiger partial charge is 0.289 e. The minimum atomic E-state index is -0.400. The third-order valence-corrected chi connectivity index (χ3v) is 4.61. The van der Waals surface area contributed by atoms with Gasteiger partial charge >= 0.3 is 0 Å². The van der Waals surface area contributed by atoms with Crippen LogP contribution in [-0.4, -0.2) is 66.0 Å². The zero-order valence-corrected chi connectivity index (χ0v) is 14.3. The van der Waals surface area contributed by atoms with Gasteiger partial charge in [0.25, 0.3) is 5.91 Å². The summed E-state index contributed by atoms with van der Waals surface area (Å²) in [6, 6.07) is 2.03. The van der Waals surface area contributed by atoms with Gasteiger partial charge in [-0.15, -0.1) is 0 Å². The second-order valence-electron chi connectivity index (χ2n) is 6.44. The molecular formula is C17H24N4O3. The molecule has 2 fully saturated rings. The molecule has 0 saturated carbocycles. The van der Waals surface area contributed by atoms with Crippen LogP contribution in [0.2, 0.25) is 0 Å². The molecule has 2 aliphatic heterocycles. The van der Waals surface area contributed by atoms with Crippen LogP contribution in [0.15, 0.2) is 6.07 Å². The standard InChI is InChI=1S/C17H24N4O3/c1-12(22)17(23)21-5-3-4-14(11-21)15-10-16(19-13(2)18-15)20-6-8-24-9-7-20/h10,14H,3-9,11H2,1-2H3/t14-/m1/s1. The number of likely N-dealkylation sites (tertiary alicyclic amines) is 1. The van der Waals surface area contributed by atoms with Crippen LogP contribution in [0.5, 0.6) is 0 Å². The van der Waals surface area contributed by atoms with E-state index in [0.29, 0.717) is 26.3 Å². The summed E-state index contributed by atoms with van der Waals surface area (Å²) < 4.78 is 5.40. The number of Topliss-reactive ketones (excluding diaryl/α,β-unsaturated/α-hetero) is 1. The Kier molecular flexibility index (Phi) is 5.08. The number of carbonyl (C=O) groups is 2.